The minimum absolute atomic E-state index is 0.198. The predicted molar refractivity (Wildman–Crippen MR) is 91.4 cm³/mol. The number of thioether (sulfide) groups is 1. The lowest BCUT2D eigenvalue weighted by molar-refractivity contribution is 0.0693. The van der Waals surface area contributed by atoms with Crippen LogP contribution in [0.25, 0.3) is 0 Å². The largest absolute Gasteiger partial charge is 0.478 e. The molecule has 0 spiro atoms. The zero-order valence-electron chi connectivity index (χ0n) is 11.7. The van der Waals surface area contributed by atoms with Crippen LogP contribution in [0.4, 0.5) is 5.69 Å². The van der Waals surface area contributed by atoms with Crippen LogP contribution in [0.1, 0.15) is 15.9 Å². The summed E-state index contributed by atoms with van der Waals surface area (Å²) in [5, 5.41) is 9.16. The van der Waals surface area contributed by atoms with Gasteiger partial charge in [-0.1, -0.05) is 24.3 Å². The molecule has 0 amide bonds. The Morgan fingerprint density at radius 3 is 2.50 bits per heavy atom. The molecule has 3 N–H and O–H groups in total. The third kappa shape index (κ3) is 4.51. The summed E-state index contributed by atoms with van der Waals surface area (Å²) in [5.41, 5.74) is 7.73. The highest BCUT2D eigenvalue weighted by molar-refractivity contribution is 7.98. The van der Waals surface area contributed by atoms with Crippen molar-refractivity contribution in [1.82, 2.24) is 0 Å². The van der Waals surface area contributed by atoms with E-state index in [1.54, 1.807) is 12.1 Å². The van der Waals surface area contributed by atoms with Crippen LogP contribution >= 0.6 is 23.4 Å². The fourth-order valence-corrected chi connectivity index (χ4v) is 2.85. The van der Waals surface area contributed by atoms with Gasteiger partial charge >= 0.3 is 5.97 Å². The first-order valence-electron chi connectivity index (χ1n) is 6.53. The maximum Gasteiger partial charge on any atom is 0.336 e. The van der Waals surface area contributed by atoms with Crippen molar-refractivity contribution in [1.29, 1.82) is 0 Å². The van der Waals surface area contributed by atoms with Gasteiger partial charge in [0.2, 0.25) is 0 Å². The van der Waals surface area contributed by atoms with Crippen molar-refractivity contribution in [3.63, 3.8) is 0 Å². The van der Waals surface area contributed by atoms with E-state index in [0.717, 1.165) is 16.1 Å². The number of nitrogens with zero attached hydrogens (tertiary/aromatic N) is 1. The van der Waals surface area contributed by atoms with Crippen LogP contribution in [0, 0.1) is 0 Å². The van der Waals surface area contributed by atoms with Crippen molar-refractivity contribution >= 4 is 40.9 Å². The number of nitrogens with two attached hydrogens (primary N) is 1. The Hall–Kier alpha value is -1.98. The van der Waals surface area contributed by atoms with E-state index >= 15 is 0 Å². The van der Waals surface area contributed by atoms with Crippen LogP contribution in [-0.4, -0.2) is 22.8 Å². The molecule has 0 heterocycles. The molecule has 0 saturated heterocycles. The number of hydrogen-bond donors (Lipinski definition) is 2. The molecule has 0 aromatic heterocycles. The predicted octanol–water partition coefficient (Wildman–Crippen LogP) is 3.90. The molecule has 0 aliphatic heterocycles. The van der Waals surface area contributed by atoms with E-state index in [2.05, 4.69) is 4.99 Å². The third-order valence-electron chi connectivity index (χ3n) is 2.86. The molecule has 0 radical (unpaired) electrons. The molecular weight excluding hydrogens is 320 g/mol. The van der Waals surface area contributed by atoms with E-state index in [4.69, 9.17) is 22.4 Å². The van der Waals surface area contributed by atoms with E-state index in [1.165, 1.54) is 11.8 Å². The Morgan fingerprint density at radius 2 is 1.86 bits per heavy atom. The molecule has 0 aliphatic rings. The average molecular weight is 335 g/mol. The molecule has 0 unspecified atom stereocenters. The summed E-state index contributed by atoms with van der Waals surface area (Å²) in [4.78, 5) is 16.1. The molecule has 0 saturated carbocycles. The number of carbonyl (C=O) groups is 1. The second kappa shape index (κ2) is 7.87. The quantitative estimate of drug-likeness (QED) is 0.363. The van der Waals surface area contributed by atoms with Gasteiger partial charge in [0.05, 0.1) is 17.1 Å². The Bertz CT molecular complexity index is 687. The van der Waals surface area contributed by atoms with Crippen LogP contribution in [0.15, 0.2) is 58.4 Å². The van der Waals surface area contributed by atoms with Gasteiger partial charge in [0, 0.05) is 10.6 Å². The van der Waals surface area contributed by atoms with Crippen molar-refractivity contribution in [2.24, 2.45) is 10.7 Å². The molecule has 2 rings (SSSR count). The second-order valence-electron chi connectivity index (χ2n) is 4.49. The number of aliphatic imine (C=N–C) groups is 1. The summed E-state index contributed by atoms with van der Waals surface area (Å²) in [6, 6.07) is 14.6. The number of carboxylic acids is 1. The number of aromatic carboxylic acids is 1. The number of benzene rings is 2. The highest BCUT2D eigenvalue weighted by Crippen LogP contribution is 2.27. The highest BCUT2D eigenvalue weighted by Gasteiger charge is 2.09. The Labute approximate surface area is 138 Å². The lowest BCUT2D eigenvalue weighted by atomic mass is 10.2. The number of hydrogen-bond acceptors (Lipinski definition) is 3. The molecule has 0 bridgehead atoms. The lowest BCUT2D eigenvalue weighted by Gasteiger charge is -2.06. The summed E-state index contributed by atoms with van der Waals surface area (Å²) in [6.45, 7) is 0. The molecule has 114 valence electrons. The van der Waals surface area contributed by atoms with Gasteiger partial charge in [0.25, 0.3) is 0 Å². The monoisotopic (exact) mass is 334 g/mol. The minimum atomic E-state index is -0.913. The van der Waals surface area contributed by atoms with Crippen molar-refractivity contribution < 1.29 is 9.90 Å². The molecule has 0 aliphatic carbocycles. The van der Waals surface area contributed by atoms with Crippen LogP contribution in [0.5, 0.6) is 0 Å². The first-order chi connectivity index (χ1) is 10.6. The minimum Gasteiger partial charge on any atom is -0.478 e. The summed E-state index contributed by atoms with van der Waals surface area (Å²) in [7, 11) is 0. The molecule has 0 fully saturated rings. The summed E-state index contributed by atoms with van der Waals surface area (Å²) in [5.74, 6) is 0.339. The van der Waals surface area contributed by atoms with Crippen molar-refractivity contribution in [3.05, 3.63) is 59.7 Å². The number of carboxylic acid groups (broad SMARTS) is 1. The molecule has 6 heteroatoms. The van der Waals surface area contributed by atoms with Gasteiger partial charge in [0.1, 0.15) is 5.84 Å². The Morgan fingerprint density at radius 1 is 1.18 bits per heavy atom. The van der Waals surface area contributed by atoms with Crippen molar-refractivity contribution in [3.8, 4) is 0 Å². The first-order valence-corrected chi connectivity index (χ1v) is 8.05. The number of rotatable bonds is 6. The fraction of sp³-hybridized carbons (Fsp3) is 0.125. The normalized spacial score (nSPS) is 11.4. The molecular formula is C16H15ClN2O2S. The van der Waals surface area contributed by atoms with Crippen molar-refractivity contribution in [2.75, 3.05) is 5.88 Å². The van der Waals surface area contributed by atoms with E-state index in [1.807, 2.05) is 36.4 Å². The van der Waals surface area contributed by atoms with Gasteiger partial charge < -0.3 is 10.8 Å². The topological polar surface area (TPSA) is 75.7 Å². The molecule has 2 aromatic carbocycles. The molecule has 4 nitrogen and oxygen atoms in total. The standard InChI is InChI=1S/C16H15ClN2O2S/c17-9-15(18)19-12-7-5-11(6-8-12)10-22-14-4-2-1-3-13(14)16(20)21/h1-8H,9-10H2,(H2,18,19)(H,20,21). The van der Waals surface area contributed by atoms with Gasteiger partial charge in [-0.3, -0.25) is 0 Å². The van der Waals surface area contributed by atoms with Crippen LogP contribution in [-0.2, 0) is 5.75 Å². The maximum atomic E-state index is 11.2. The van der Waals surface area contributed by atoms with E-state index < -0.39 is 5.97 Å². The average Bonchev–Trinajstić information content (AvgIpc) is 2.54. The van der Waals surface area contributed by atoms with Crippen molar-refractivity contribution in [2.45, 2.75) is 10.6 Å². The number of halogens is 1. The summed E-state index contributed by atoms with van der Waals surface area (Å²) < 4.78 is 0. The molecule has 22 heavy (non-hydrogen) atoms. The van der Waals surface area contributed by atoms with E-state index in [9.17, 15) is 4.79 Å². The van der Waals surface area contributed by atoms with Gasteiger partial charge in [0.15, 0.2) is 0 Å². The van der Waals surface area contributed by atoms with Crippen LogP contribution in [0.2, 0.25) is 0 Å². The maximum absolute atomic E-state index is 11.2. The third-order valence-corrected chi connectivity index (χ3v) is 4.28. The zero-order chi connectivity index (χ0) is 15.9. The molecule has 2 aromatic rings. The smallest absolute Gasteiger partial charge is 0.336 e. The van der Waals surface area contributed by atoms with Gasteiger partial charge in [-0.25, -0.2) is 9.79 Å². The SMILES string of the molecule is NC(CCl)=Nc1ccc(CSc2ccccc2C(=O)O)cc1. The summed E-state index contributed by atoms with van der Waals surface area (Å²) >= 11 is 7.07. The Balaban J connectivity index is 2.05. The van der Waals surface area contributed by atoms with E-state index in [-0.39, 0.29) is 5.88 Å². The summed E-state index contributed by atoms with van der Waals surface area (Å²) in [6.07, 6.45) is 0. The van der Waals surface area contributed by atoms with Crippen LogP contribution < -0.4 is 5.73 Å². The number of amidine groups is 1. The fourth-order valence-electron chi connectivity index (χ4n) is 1.79. The lowest BCUT2D eigenvalue weighted by Crippen LogP contribution is -2.12. The number of alkyl halides is 1. The van der Waals surface area contributed by atoms with Crippen LogP contribution in [0.3, 0.4) is 0 Å². The first kappa shape index (κ1) is 16.4. The second-order valence-corrected chi connectivity index (χ2v) is 5.78. The Kier molecular flexibility index (Phi) is 5.86. The zero-order valence-corrected chi connectivity index (χ0v) is 13.3. The van der Waals surface area contributed by atoms with Gasteiger partial charge in [-0.05, 0) is 29.8 Å². The molecule has 0 atom stereocenters. The van der Waals surface area contributed by atoms with E-state index in [0.29, 0.717) is 17.2 Å². The van der Waals surface area contributed by atoms with Gasteiger partial charge in [-0.15, -0.1) is 23.4 Å². The highest BCUT2D eigenvalue weighted by atomic mass is 35.5. The van der Waals surface area contributed by atoms with Gasteiger partial charge in [-0.2, -0.15) is 0 Å².